The second-order valence-corrected chi connectivity index (χ2v) is 3.77. The van der Waals surface area contributed by atoms with Gasteiger partial charge in [0, 0.05) is 0 Å². The van der Waals surface area contributed by atoms with Crippen molar-refractivity contribution in [2.45, 2.75) is 39.5 Å². The van der Waals surface area contributed by atoms with E-state index in [1.54, 1.807) is 0 Å². The summed E-state index contributed by atoms with van der Waals surface area (Å²) < 4.78 is 0. The molecule has 0 aromatic heterocycles. The van der Waals surface area contributed by atoms with Crippen molar-refractivity contribution < 1.29 is 0 Å². The second-order valence-electron chi connectivity index (χ2n) is 3.77. The maximum atomic E-state index is 4.02. The molecule has 0 saturated carbocycles. The molecule has 1 aromatic rings. The topological polar surface area (TPSA) is 0 Å². The van der Waals surface area contributed by atoms with Gasteiger partial charge in [-0.3, -0.25) is 0 Å². The largest absolute Gasteiger partial charge is 0.0999 e. The summed E-state index contributed by atoms with van der Waals surface area (Å²) in [5.41, 5.74) is 4.20. The Bertz CT molecular complexity index is 279. The molecule has 0 radical (unpaired) electrons. The maximum absolute atomic E-state index is 4.02. The van der Waals surface area contributed by atoms with Crippen LogP contribution in [0.15, 0.2) is 36.4 Å². The lowest BCUT2D eigenvalue weighted by molar-refractivity contribution is 0.889. The Balaban J connectivity index is 2.47. The van der Waals surface area contributed by atoms with Gasteiger partial charge in [-0.2, -0.15) is 0 Å². The first-order chi connectivity index (χ1) is 6.76. The van der Waals surface area contributed by atoms with Gasteiger partial charge in [0.05, 0.1) is 0 Å². The van der Waals surface area contributed by atoms with Crippen LogP contribution in [0.2, 0.25) is 0 Å². The first-order valence-electron chi connectivity index (χ1n) is 5.50. The van der Waals surface area contributed by atoms with Gasteiger partial charge in [-0.25, -0.2) is 0 Å². The average molecular weight is 188 g/mol. The quantitative estimate of drug-likeness (QED) is 0.609. The predicted octanol–water partition coefficient (Wildman–Crippen LogP) is 4.15. The van der Waals surface area contributed by atoms with E-state index in [2.05, 4.69) is 44.7 Å². The van der Waals surface area contributed by atoms with Gasteiger partial charge >= 0.3 is 0 Å². The normalized spacial score (nSPS) is 10.1. The summed E-state index contributed by atoms with van der Waals surface area (Å²) >= 11 is 0. The monoisotopic (exact) mass is 188 g/mol. The average Bonchev–Trinajstić information content (AvgIpc) is 2.26. The lowest BCUT2D eigenvalue weighted by Crippen LogP contribution is -1.88. The molecular weight excluding hydrogens is 168 g/mol. The molecule has 0 fully saturated rings. The molecule has 0 amide bonds. The molecule has 0 bridgehead atoms. The molecule has 0 aliphatic heterocycles. The molecule has 0 spiro atoms. The van der Waals surface area contributed by atoms with E-state index in [4.69, 9.17) is 0 Å². The van der Waals surface area contributed by atoms with Crippen LogP contribution in [0.3, 0.4) is 0 Å². The summed E-state index contributed by atoms with van der Waals surface area (Å²) in [6.07, 6.45) is 4.49. The summed E-state index contributed by atoms with van der Waals surface area (Å²) in [5, 5.41) is 0. The Kier molecular flexibility index (Phi) is 4.45. The van der Waals surface area contributed by atoms with Gasteiger partial charge in [0.2, 0.25) is 0 Å². The third-order valence-electron chi connectivity index (χ3n) is 2.70. The Labute approximate surface area is 87.7 Å². The standard InChI is InChI=1S/C14H20/c1-4-12(3)6-7-14-10-8-13(5-2)9-11-14/h8-11H,3-7H2,1-2H3. The second kappa shape index (κ2) is 5.64. The lowest BCUT2D eigenvalue weighted by Gasteiger charge is -2.03. The van der Waals surface area contributed by atoms with Crippen molar-refractivity contribution in [1.82, 2.24) is 0 Å². The molecule has 76 valence electrons. The third kappa shape index (κ3) is 3.37. The van der Waals surface area contributed by atoms with E-state index in [0.717, 1.165) is 25.7 Å². The van der Waals surface area contributed by atoms with Gasteiger partial charge in [-0.1, -0.05) is 50.3 Å². The van der Waals surface area contributed by atoms with E-state index in [9.17, 15) is 0 Å². The molecule has 0 nitrogen and oxygen atoms in total. The van der Waals surface area contributed by atoms with E-state index < -0.39 is 0 Å². The van der Waals surface area contributed by atoms with Crippen LogP contribution in [-0.2, 0) is 12.8 Å². The molecule has 0 heteroatoms. The first kappa shape index (κ1) is 11.0. The highest BCUT2D eigenvalue weighted by Gasteiger charge is 1.95. The highest BCUT2D eigenvalue weighted by molar-refractivity contribution is 5.23. The Hall–Kier alpha value is -1.04. The first-order valence-corrected chi connectivity index (χ1v) is 5.50. The summed E-state index contributed by atoms with van der Waals surface area (Å²) in [6.45, 7) is 8.38. The van der Waals surface area contributed by atoms with Crippen molar-refractivity contribution >= 4 is 0 Å². The van der Waals surface area contributed by atoms with Gasteiger partial charge < -0.3 is 0 Å². The van der Waals surface area contributed by atoms with Crippen molar-refractivity contribution in [2.75, 3.05) is 0 Å². The van der Waals surface area contributed by atoms with Crippen LogP contribution >= 0.6 is 0 Å². The SMILES string of the molecule is C=C(CC)CCc1ccc(CC)cc1. The van der Waals surface area contributed by atoms with E-state index >= 15 is 0 Å². The zero-order valence-electron chi connectivity index (χ0n) is 9.34. The third-order valence-corrected chi connectivity index (χ3v) is 2.70. The number of benzene rings is 1. The number of allylic oxidation sites excluding steroid dienone is 1. The summed E-state index contributed by atoms with van der Waals surface area (Å²) in [7, 11) is 0. The number of hydrogen-bond donors (Lipinski definition) is 0. The van der Waals surface area contributed by atoms with Gasteiger partial charge in [0.1, 0.15) is 0 Å². The van der Waals surface area contributed by atoms with E-state index in [-0.39, 0.29) is 0 Å². The van der Waals surface area contributed by atoms with Gasteiger partial charge in [-0.05, 0) is 36.8 Å². The van der Waals surface area contributed by atoms with Crippen LogP contribution in [0.1, 0.15) is 37.8 Å². The Morgan fingerprint density at radius 1 is 1.07 bits per heavy atom. The van der Waals surface area contributed by atoms with E-state index in [1.807, 2.05) is 0 Å². The smallest absolute Gasteiger partial charge is 0.0242 e. The molecule has 0 atom stereocenters. The van der Waals surface area contributed by atoms with Crippen LogP contribution in [0, 0.1) is 0 Å². The molecule has 0 aliphatic rings. The van der Waals surface area contributed by atoms with Crippen molar-refractivity contribution in [3.05, 3.63) is 47.5 Å². The summed E-state index contributed by atoms with van der Waals surface area (Å²) in [4.78, 5) is 0. The minimum atomic E-state index is 1.10. The fraction of sp³-hybridized carbons (Fsp3) is 0.429. The molecule has 0 aliphatic carbocycles. The van der Waals surface area contributed by atoms with Crippen molar-refractivity contribution in [3.63, 3.8) is 0 Å². The van der Waals surface area contributed by atoms with Gasteiger partial charge in [0.25, 0.3) is 0 Å². The molecule has 0 N–H and O–H groups in total. The molecule has 0 saturated heterocycles. The van der Waals surface area contributed by atoms with Crippen molar-refractivity contribution in [1.29, 1.82) is 0 Å². The van der Waals surface area contributed by atoms with Crippen LogP contribution in [0.4, 0.5) is 0 Å². The zero-order valence-corrected chi connectivity index (χ0v) is 9.34. The lowest BCUT2D eigenvalue weighted by atomic mass is 10.0. The fourth-order valence-electron chi connectivity index (χ4n) is 1.44. The van der Waals surface area contributed by atoms with Crippen LogP contribution in [-0.4, -0.2) is 0 Å². The molecule has 14 heavy (non-hydrogen) atoms. The van der Waals surface area contributed by atoms with Crippen LogP contribution < -0.4 is 0 Å². The van der Waals surface area contributed by atoms with Gasteiger partial charge in [-0.15, -0.1) is 0 Å². The highest BCUT2D eigenvalue weighted by atomic mass is 14.0. The zero-order chi connectivity index (χ0) is 10.4. The predicted molar refractivity (Wildman–Crippen MR) is 63.6 cm³/mol. The highest BCUT2D eigenvalue weighted by Crippen LogP contribution is 2.11. The molecular formula is C14H20. The van der Waals surface area contributed by atoms with Crippen molar-refractivity contribution in [3.8, 4) is 0 Å². The van der Waals surface area contributed by atoms with Crippen molar-refractivity contribution in [2.24, 2.45) is 0 Å². The molecule has 0 heterocycles. The Morgan fingerprint density at radius 2 is 1.64 bits per heavy atom. The molecule has 0 unspecified atom stereocenters. The number of hydrogen-bond acceptors (Lipinski definition) is 0. The number of aryl methyl sites for hydroxylation is 2. The molecule has 1 rings (SSSR count). The minimum Gasteiger partial charge on any atom is -0.0999 e. The van der Waals surface area contributed by atoms with Crippen LogP contribution in [0.5, 0.6) is 0 Å². The minimum absolute atomic E-state index is 1.10. The summed E-state index contributed by atoms with van der Waals surface area (Å²) in [5.74, 6) is 0. The summed E-state index contributed by atoms with van der Waals surface area (Å²) in [6, 6.07) is 8.93. The van der Waals surface area contributed by atoms with Crippen LogP contribution in [0.25, 0.3) is 0 Å². The molecule has 1 aromatic carbocycles. The number of rotatable bonds is 5. The van der Waals surface area contributed by atoms with E-state index in [0.29, 0.717) is 0 Å². The Morgan fingerprint density at radius 3 is 2.14 bits per heavy atom. The van der Waals surface area contributed by atoms with Gasteiger partial charge in [0.15, 0.2) is 0 Å². The maximum Gasteiger partial charge on any atom is -0.0242 e. The van der Waals surface area contributed by atoms with E-state index in [1.165, 1.54) is 16.7 Å². The fourth-order valence-corrected chi connectivity index (χ4v) is 1.44.